The van der Waals surface area contributed by atoms with Gasteiger partial charge in [0.1, 0.15) is 0 Å². The van der Waals surface area contributed by atoms with E-state index >= 15 is 0 Å². The summed E-state index contributed by atoms with van der Waals surface area (Å²) < 4.78 is 4.77. The molecule has 1 rings (SSSR count). The third-order valence-electron chi connectivity index (χ3n) is 1.25. The van der Waals surface area contributed by atoms with E-state index in [4.69, 9.17) is 4.74 Å². The maximum Gasteiger partial charge on any atom is 0.367 e. The van der Waals surface area contributed by atoms with Crippen LogP contribution in [0.4, 0.5) is 0 Å². The van der Waals surface area contributed by atoms with Crippen molar-refractivity contribution in [2.24, 2.45) is 0 Å². The van der Waals surface area contributed by atoms with Gasteiger partial charge in [-0.15, -0.1) is 11.3 Å². The fraction of sp³-hybridized carbons (Fsp3) is 0.375. The number of rotatable bonds is 3. The number of nitrogens with zero attached hydrogens (tertiary/aromatic N) is 1. The molecule has 1 aromatic rings. The van der Waals surface area contributed by atoms with E-state index in [2.05, 4.69) is 11.9 Å². The first kappa shape index (κ1) is 9.19. The van der Waals surface area contributed by atoms with E-state index < -0.39 is 0 Å². The van der Waals surface area contributed by atoms with Gasteiger partial charge in [0.25, 0.3) is 0 Å². The zero-order valence-corrected chi connectivity index (χ0v) is 7.69. The van der Waals surface area contributed by atoms with Crippen molar-refractivity contribution < 1.29 is 9.53 Å². The standard InChI is InChI=1S/C8H10NO2S/c1-3-6-5-9-7(12-6)8(10)11-4-2/h5H,1,3-4H2,2H3. The molecule has 4 heteroatoms. The molecule has 0 aliphatic heterocycles. The van der Waals surface area contributed by atoms with Gasteiger partial charge in [-0.25, -0.2) is 9.78 Å². The quantitative estimate of drug-likeness (QED) is 0.671. The van der Waals surface area contributed by atoms with Crippen molar-refractivity contribution >= 4 is 17.3 Å². The average molecular weight is 184 g/mol. The van der Waals surface area contributed by atoms with Crippen LogP contribution >= 0.6 is 11.3 Å². The number of esters is 1. The van der Waals surface area contributed by atoms with Gasteiger partial charge in [-0.1, -0.05) is 0 Å². The van der Waals surface area contributed by atoms with Gasteiger partial charge < -0.3 is 4.74 Å². The second kappa shape index (κ2) is 4.21. The van der Waals surface area contributed by atoms with Crippen molar-refractivity contribution in [1.29, 1.82) is 0 Å². The first-order valence-corrected chi connectivity index (χ1v) is 4.50. The summed E-state index contributed by atoms with van der Waals surface area (Å²) in [6.45, 7) is 5.85. The molecule has 0 aliphatic carbocycles. The van der Waals surface area contributed by atoms with Gasteiger partial charge in [0, 0.05) is 11.1 Å². The predicted octanol–water partition coefficient (Wildman–Crippen LogP) is 1.70. The van der Waals surface area contributed by atoms with Gasteiger partial charge in [0.05, 0.1) is 6.61 Å². The highest BCUT2D eigenvalue weighted by Crippen LogP contribution is 2.13. The lowest BCUT2D eigenvalue weighted by molar-refractivity contribution is 0.0526. The van der Waals surface area contributed by atoms with Gasteiger partial charge in [0.2, 0.25) is 5.01 Å². The molecule has 0 atom stereocenters. The number of thiazole rings is 1. The molecule has 0 N–H and O–H groups in total. The van der Waals surface area contributed by atoms with Crippen molar-refractivity contribution in [3.63, 3.8) is 0 Å². The maximum atomic E-state index is 11.1. The van der Waals surface area contributed by atoms with E-state index in [0.29, 0.717) is 18.0 Å². The molecule has 0 fully saturated rings. The molecular weight excluding hydrogens is 174 g/mol. The van der Waals surface area contributed by atoms with E-state index in [1.165, 1.54) is 11.3 Å². The average Bonchev–Trinajstić information content (AvgIpc) is 2.52. The van der Waals surface area contributed by atoms with Gasteiger partial charge >= 0.3 is 5.97 Å². The van der Waals surface area contributed by atoms with Crippen LogP contribution in [0.15, 0.2) is 6.20 Å². The number of carbonyl (C=O) groups excluding carboxylic acids is 1. The van der Waals surface area contributed by atoms with Crippen LogP contribution in [0.1, 0.15) is 21.6 Å². The minimum atomic E-state index is -0.345. The fourth-order valence-electron chi connectivity index (χ4n) is 0.710. The summed E-state index contributed by atoms with van der Waals surface area (Å²) in [6.07, 6.45) is 2.32. The van der Waals surface area contributed by atoms with E-state index in [-0.39, 0.29) is 5.97 Å². The third-order valence-corrected chi connectivity index (χ3v) is 2.29. The zero-order valence-electron chi connectivity index (χ0n) is 6.87. The summed E-state index contributed by atoms with van der Waals surface area (Å²) in [5.41, 5.74) is 0. The molecule has 12 heavy (non-hydrogen) atoms. The highest BCUT2D eigenvalue weighted by atomic mass is 32.1. The first-order valence-electron chi connectivity index (χ1n) is 3.69. The second-order valence-corrected chi connectivity index (χ2v) is 3.22. The summed E-state index contributed by atoms with van der Waals surface area (Å²) in [5.74, 6) is -0.345. The fourth-order valence-corrected chi connectivity index (χ4v) is 1.41. The molecule has 0 spiro atoms. The van der Waals surface area contributed by atoms with Crippen molar-refractivity contribution in [1.82, 2.24) is 4.98 Å². The van der Waals surface area contributed by atoms with Crippen molar-refractivity contribution in [2.75, 3.05) is 6.61 Å². The largest absolute Gasteiger partial charge is 0.461 e. The molecule has 65 valence electrons. The summed E-state index contributed by atoms with van der Waals surface area (Å²) in [4.78, 5) is 16.0. The molecule has 0 saturated carbocycles. The normalized spacial score (nSPS) is 9.83. The van der Waals surface area contributed by atoms with Crippen molar-refractivity contribution in [2.45, 2.75) is 13.3 Å². The molecule has 0 amide bonds. The number of ether oxygens (including phenoxy) is 1. The Kier molecular flexibility index (Phi) is 3.22. The zero-order chi connectivity index (χ0) is 8.97. The van der Waals surface area contributed by atoms with Crippen LogP contribution in [0.25, 0.3) is 0 Å². The second-order valence-electron chi connectivity index (χ2n) is 2.10. The van der Waals surface area contributed by atoms with Gasteiger partial charge in [0.15, 0.2) is 0 Å². The minimum absolute atomic E-state index is 0.345. The van der Waals surface area contributed by atoms with Crippen LogP contribution in [-0.2, 0) is 11.2 Å². The number of hydrogen-bond donors (Lipinski definition) is 0. The number of carbonyl (C=O) groups is 1. The van der Waals surface area contributed by atoms with Gasteiger partial charge in [-0.2, -0.15) is 0 Å². The van der Waals surface area contributed by atoms with E-state index in [1.807, 2.05) is 0 Å². The van der Waals surface area contributed by atoms with E-state index in [1.54, 1.807) is 13.1 Å². The van der Waals surface area contributed by atoms with E-state index in [0.717, 1.165) is 4.88 Å². The Morgan fingerprint density at radius 3 is 3.08 bits per heavy atom. The van der Waals surface area contributed by atoms with E-state index in [9.17, 15) is 4.79 Å². The lowest BCUT2D eigenvalue weighted by Gasteiger charge is -1.94. The van der Waals surface area contributed by atoms with Gasteiger partial charge in [-0.05, 0) is 20.3 Å². The Labute approximate surface area is 75.4 Å². The Balaban J connectivity index is 2.68. The first-order chi connectivity index (χ1) is 5.77. The molecule has 3 nitrogen and oxygen atoms in total. The summed E-state index contributed by atoms with van der Waals surface area (Å²) in [5, 5.41) is 0.413. The smallest absolute Gasteiger partial charge is 0.367 e. The molecule has 0 saturated heterocycles. The third kappa shape index (κ3) is 2.04. The van der Waals surface area contributed by atoms with Crippen molar-refractivity contribution in [3.05, 3.63) is 23.0 Å². The molecule has 1 aromatic heterocycles. The Hall–Kier alpha value is -0.900. The molecule has 0 aliphatic rings. The molecule has 1 radical (unpaired) electrons. The lowest BCUT2D eigenvalue weighted by atomic mass is 10.4. The van der Waals surface area contributed by atoms with Crippen LogP contribution in [0.5, 0.6) is 0 Å². The Morgan fingerprint density at radius 2 is 2.58 bits per heavy atom. The van der Waals surface area contributed by atoms with Crippen LogP contribution in [0.2, 0.25) is 0 Å². The molecule has 0 bridgehead atoms. The molecule has 0 unspecified atom stereocenters. The van der Waals surface area contributed by atoms with Crippen LogP contribution in [0.3, 0.4) is 0 Å². The number of hydrogen-bond acceptors (Lipinski definition) is 4. The molecular formula is C8H10NO2S. The monoisotopic (exact) mass is 184 g/mol. The minimum Gasteiger partial charge on any atom is -0.461 e. The summed E-state index contributed by atoms with van der Waals surface area (Å²) in [6, 6.07) is 0. The van der Waals surface area contributed by atoms with Gasteiger partial charge in [-0.3, -0.25) is 0 Å². The summed E-state index contributed by atoms with van der Waals surface area (Å²) in [7, 11) is 0. The highest BCUT2D eigenvalue weighted by molar-refractivity contribution is 7.13. The molecule has 1 heterocycles. The lowest BCUT2D eigenvalue weighted by Crippen LogP contribution is -2.03. The highest BCUT2D eigenvalue weighted by Gasteiger charge is 2.10. The van der Waals surface area contributed by atoms with Crippen molar-refractivity contribution in [3.8, 4) is 0 Å². The Bertz CT molecular complexity index is 270. The van der Waals surface area contributed by atoms with Crippen LogP contribution in [0, 0.1) is 6.92 Å². The topological polar surface area (TPSA) is 39.2 Å². The Morgan fingerprint density at radius 1 is 1.83 bits per heavy atom. The number of aromatic nitrogens is 1. The summed E-state index contributed by atoms with van der Waals surface area (Å²) >= 11 is 1.33. The van der Waals surface area contributed by atoms with Crippen LogP contribution in [-0.4, -0.2) is 17.6 Å². The van der Waals surface area contributed by atoms with Crippen LogP contribution < -0.4 is 0 Å². The maximum absolute atomic E-state index is 11.1. The predicted molar refractivity (Wildman–Crippen MR) is 47.1 cm³/mol. The molecule has 0 aromatic carbocycles. The SMILES string of the molecule is [CH2]Cc1cnc(C(=O)OCC)s1.